The molecule has 0 bridgehead atoms. The van der Waals surface area contributed by atoms with Crippen molar-refractivity contribution >= 4 is 40.6 Å². The fourth-order valence-electron chi connectivity index (χ4n) is 2.57. The lowest BCUT2D eigenvalue weighted by atomic mass is 10.1. The summed E-state index contributed by atoms with van der Waals surface area (Å²) in [5.41, 5.74) is 1.31. The Bertz CT molecular complexity index is 1050. The number of benzene rings is 2. The van der Waals surface area contributed by atoms with E-state index in [1.807, 2.05) is 30.3 Å². The van der Waals surface area contributed by atoms with Crippen LogP contribution in [0, 0.1) is 0 Å². The quantitative estimate of drug-likeness (QED) is 0.408. The van der Waals surface area contributed by atoms with E-state index >= 15 is 0 Å². The molecule has 4 nitrogen and oxygen atoms in total. The van der Waals surface area contributed by atoms with Crippen molar-refractivity contribution in [2.45, 2.75) is 6.36 Å². The molecule has 144 valence electrons. The summed E-state index contributed by atoms with van der Waals surface area (Å²) in [6.07, 6.45) is -1.59. The highest BCUT2D eigenvalue weighted by Gasteiger charge is 2.31. The number of pyridine rings is 1. The first-order chi connectivity index (χ1) is 13.3. The number of carbonyl (C=O) groups is 1. The van der Waals surface area contributed by atoms with Crippen LogP contribution in [-0.4, -0.2) is 24.4 Å². The molecule has 0 spiro atoms. The van der Waals surface area contributed by atoms with E-state index in [1.54, 1.807) is 12.2 Å². The zero-order valence-electron chi connectivity index (χ0n) is 14.5. The Morgan fingerprint density at radius 3 is 2.46 bits per heavy atom. The van der Waals surface area contributed by atoms with E-state index in [0.29, 0.717) is 5.56 Å². The van der Waals surface area contributed by atoms with Crippen molar-refractivity contribution in [3.05, 3.63) is 70.4 Å². The summed E-state index contributed by atoms with van der Waals surface area (Å²) < 4.78 is 46.8. The van der Waals surface area contributed by atoms with E-state index < -0.39 is 18.1 Å². The minimum absolute atomic E-state index is 0.0485. The number of carbonyl (C=O) groups excluding carboxylic acids is 1. The lowest BCUT2D eigenvalue weighted by molar-refractivity contribution is -0.274. The van der Waals surface area contributed by atoms with Gasteiger partial charge in [0.05, 0.1) is 17.6 Å². The smallest absolute Gasteiger partial charge is 0.464 e. The highest BCUT2D eigenvalue weighted by atomic mass is 35.5. The number of nitrogens with zero attached hydrogens (tertiary/aromatic N) is 1. The maximum atomic E-state index is 12.7. The second kappa shape index (κ2) is 7.90. The third kappa shape index (κ3) is 4.61. The molecule has 0 saturated heterocycles. The molecule has 0 N–H and O–H groups in total. The maximum absolute atomic E-state index is 12.7. The minimum atomic E-state index is -4.86. The van der Waals surface area contributed by atoms with Crippen LogP contribution < -0.4 is 4.74 Å². The van der Waals surface area contributed by atoms with Gasteiger partial charge in [0.25, 0.3) is 0 Å². The summed E-state index contributed by atoms with van der Waals surface area (Å²) in [7, 11) is 1.19. The van der Waals surface area contributed by atoms with Crippen LogP contribution in [0.1, 0.15) is 21.6 Å². The average Bonchev–Trinajstić information content (AvgIpc) is 2.65. The molecule has 0 saturated carbocycles. The molecule has 0 fully saturated rings. The van der Waals surface area contributed by atoms with Crippen LogP contribution >= 0.6 is 11.6 Å². The van der Waals surface area contributed by atoms with Crippen molar-refractivity contribution in [1.82, 2.24) is 4.98 Å². The summed E-state index contributed by atoms with van der Waals surface area (Å²) in [6, 6.07) is 12.7. The third-order valence-corrected chi connectivity index (χ3v) is 4.06. The number of hydrogen-bond acceptors (Lipinski definition) is 4. The van der Waals surface area contributed by atoms with Crippen molar-refractivity contribution in [3.63, 3.8) is 0 Å². The Labute approximate surface area is 163 Å². The molecular formula is C20H13ClF3NO3. The zero-order chi connectivity index (χ0) is 20.3. The third-order valence-electron chi connectivity index (χ3n) is 3.75. The Kier molecular flexibility index (Phi) is 5.56. The molecule has 3 rings (SSSR count). The van der Waals surface area contributed by atoms with Gasteiger partial charge in [-0.2, -0.15) is 0 Å². The number of hydrogen-bond donors (Lipinski definition) is 0. The molecule has 0 aliphatic rings. The van der Waals surface area contributed by atoms with Crippen LogP contribution in [0.4, 0.5) is 13.2 Å². The summed E-state index contributed by atoms with van der Waals surface area (Å²) in [5, 5.41) is 0.260. The van der Waals surface area contributed by atoms with Crippen LogP contribution in [0.3, 0.4) is 0 Å². The van der Waals surface area contributed by atoms with Crippen LogP contribution in [0.2, 0.25) is 5.02 Å². The number of rotatable bonds is 4. The summed E-state index contributed by atoms with van der Waals surface area (Å²) in [5.74, 6) is -1.15. The fourth-order valence-corrected chi connectivity index (χ4v) is 2.81. The lowest BCUT2D eigenvalue weighted by Crippen LogP contribution is -2.17. The van der Waals surface area contributed by atoms with Gasteiger partial charge in [0.15, 0.2) is 5.69 Å². The van der Waals surface area contributed by atoms with Crippen molar-refractivity contribution < 1.29 is 27.4 Å². The lowest BCUT2D eigenvalue weighted by Gasteiger charge is -2.12. The van der Waals surface area contributed by atoms with Gasteiger partial charge in [0.2, 0.25) is 0 Å². The van der Waals surface area contributed by atoms with Crippen molar-refractivity contribution in [2.24, 2.45) is 0 Å². The number of halogens is 4. The Balaban J connectivity index is 2.19. The van der Waals surface area contributed by atoms with Crippen molar-refractivity contribution in [2.75, 3.05) is 7.11 Å². The predicted octanol–water partition coefficient (Wildman–Crippen LogP) is 5.74. The van der Waals surface area contributed by atoms with E-state index in [4.69, 9.17) is 11.6 Å². The van der Waals surface area contributed by atoms with Gasteiger partial charge in [-0.05, 0) is 23.8 Å². The van der Waals surface area contributed by atoms with Crippen molar-refractivity contribution in [3.8, 4) is 5.75 Å². The number of methoxy groups -OCH3 is 1. The molecule has 1 heterocycles. The Morgan fingerprint density at radius 2 is 1.82 bits per heavy atom. The SMILES string of the molecule is COC(=O)c1cc(Cl)c2cc(OC(F)(F)F)cc(C=Cc3ccccc3)c2n1. The van der Waals surface area contributed by atoms with Crippen LogP contribution in [0.25, 0.3) is 23.1 Å². The van der Waals surface area contributed by atoms with E-state index in [-0.39, 0.29) is 21.6 Å². The first kappa shape index (κ1) is 19.7. The van der Waals surface area contributed by atoms with Crippen LogP contribution in [-0.2, 0) is 4.74 Å². The first-order valence-corrected chi connectivity index (χ1v) is 8.36. The molecule has 0 aliphatic heterocycles. The molecule has 0 amide bonds. The molecule has 0 aliphatic carbocycles. The van der Waals surface area contributed by atoms with Crippen molar-refractivity contribution in [1.29, 1.82) is 0 Å². The standard InChI is InChI=1S/C20H13ClF3NO3/c1-27-19(26)17-11-16(21)15-10-14(28-20(22,23)24)9-13(18(15)25-17)8-7-12-5-3-2-4-6-12/h2-11H,1H3. The van der Waals surface area contributed by atoms with Crippen LogP contribution in [0.15, 0.2) is 48.5 Å². The summed E-state index contributed by atoms with van der Waals surface area (Å²) in [4.78, 5) is 16.0. The van der Waals surface area contributed by atoms with E-state index in [2.05, 4.69) is 14.5 Å². The van der Waals surface area contributed by atoms with Gasteiger partial charge < -0.3 is 9.47 Å². The molecule has 0 unspecified atom stereocenters. The summed E-state index contributed by atoms with van der Waals surface area (Å²) in [6.45, 7) is 0. The monoisotopic (exact) mass is 407 g/mol. The fraction of sp³-hybridized carbons (Fsp3) is 0.100. The molecule has 8 heteroatoms. The largest absolute Gasteiger partial charge is 0.573 e. The van der Waals surface area contributed by atoms with Gasteiger partial charge in [-0.1, -0.05) is 54.1 Å². The van der Waals surface area contributed by atoms with E-state index in [0.717, 1.165) is 11.6 Å². The van der Waals surface area contributed by atoms with Crippen LogP contribution in [0.5, 0.6) is 5.75 Å². The Hall–Kier alpha value is -3.06. The normalized spacial score (nSPS) is 11.8. The van der Waals surface area contributed by atoms with E-state index in [9.17, 15) is 18.0 Å². The summed E-state index contributed by atoms with van der Waals surface area (Å²) >= 11 is 6.19. The Morgan fingerprint density at radius 1 is 1.11 bits per heavy atom. The van der Waals surface area contributed by atoms with Gasteiger partial charge in [-0.3, -0.25) is 0 Å². The molecule has 0 radical (unpaired) electrons. The highest BCUT2D eigenvalue weighted by molar-refractivity contribution is 6.36. The first-order valence-electron chi connectivity index (χ1n) is 7.98. The molecule has 3 aromatic rings. The highest BCUT2D eigenvalue weighted by Crippen LogP contribution is 2.33. The zero-order valence-corrected chi connectivity index (χ0v) is 15.2. The van der Waals surface area contributed by atoms with Gasteiger partial charge in [-0.25, -0.2) is 9.78 Å². The molecular weight excluding hydrogens is 395 g/mol. The molecule has 2 aromatic carbocycles. The van der Waals surface area contributed by atoms with Gasteiger partial charge in [0, 0.05) is 10.9 Å². The number of esters is 1. The predicted molar refractivity (Wildman–Crippen MR) is 100 cm³/mol. The second-order valence-electron chi connectivity index (χ2n) is 5.68. The average molecular weight is 408 g/mol. The van der Waals surface area contributed by atoms with E-state index in [1.165, 1.54) is 19.2 Å². The van der Waals surface area contributed by atoms with Gasteiger partial charge in [0.1, 0.15) is 5.75 Å². The molecule has 1 aromatic heterocycles. The van der Waals surface area contributed by atoms with Gasteiger partial charge in [-0.15, -0.1) is 13.2 Å². The maximum Gasteiger partial charge on any atom is 0.573 e. The number of aromatic nitrogens is 1. The topological polar surface area (TPSA) is 48.4 Å². The second-order valence-corrected chi connectivity index (χ2v) is 6.09. The number of alkyl halides is 3. The van der Waals surface area contributed by atoms with Gasteiger partial charge >= 0.3 is 12.3 Å². The minimum Gasteiger partial charge on any atom is -0.464 e. The number of ether oxygens (including phenoxy) is 2. The number of fused-ring (bicyclic) bond motifs is 1. The molecule has 28 heavy (non-hydrogen) atoms. The molecule has 0 atom stereocenters.